The summed E-state index contributed by atoms with van der Waals surface area (Å²) >= 11 is 0. The summed E-state index contributed by atoms with van der Waals surface area (Å²) in [5.41, 5.74) is -0.0780. The number of benzene rings is 1. The van der Waals surface area contributed by atoms with Crippen LogP contribution < -0.4 is 5.32 Å². The number of methoxy groups -OCH3 is 1. The molecule has 1 aromatic rings. The van der Waals surface area contributed by atoms with Crippen molar-refractivity contribution in [2.24, 2.45) is 0 Å². The average molecular weight is 261 g/mol. The van der Waals surface area contributed by atoms with Gasteiger partial charge in [-0.25, -0.2) is 0 Å². The van der Waals surface area contributed by atoms with E-state index in [1.807, 2.05) is 0 Å². The highest BCUT2D eigenvalue weighted by Crippen LogP contribution is 2.28. The van der Waals surface area contributed by atoms with Crippen LogP contribution in [0.5, 0.6) is 0 Å². The van der Waals surface area contributed by atoms with Crippen molar-refractivity contribution in [2.75, 3.05) is 13.7 Å². The Bertz CT molecular complexity index is 387. The van der Waals surface area contributed by atoms with Gasteiger partial charge < -0.3 is 10.1 Å². The van der Waals surface area contributed by atoms with Crippen LogP contribution in [0.25, 0.3) is 0 Å². The largest absolute Gasteiger partial charge is 0.416 e. The molecular formula is C12H14F3NO2. The molecule has 6 heteroatoms. The van der Waals surface area contributed by atoms with Gasteiger partial charge in [0.15, 0.2) is 0 Å². The summed E-state index contributed by atoms with van der Waals surface area (Å²) in [6, 6.07) is 4.69. The lowest BCUT2D eigenvalue weighted by molar-refractivity contribution is -0.137. The van der Waals surface area contributed by atoms with Crippen LogP contribution in [0.15, 0.2) is 24.3 Å². The van der Waals surface area contributed by atoms with Gasteiger partial charge in [0.25, 0.3) is 0 Å². The van der Waals surface area contributed by atoms with Gasteiger partial charge in [-0.1, -0.05) is 12.1 Å². The molecule has 0 saturated carbocycles. The standard InChI is InChI=1S/C12H14F3NO2/c1-18-7-6-11(17)16-8-9-2-4-10(5-3-9)12(13,14)15/h2-5H,6-8H2,1H3,(H,16,17). The fourth-order valence-electron chi connectivity index (χ4n) is 1.30. The Kier molecular flexibility index (Phi) is 5.15. The van der Waals surface area contributed by atoms with E-state index >= 15 is 0 Å². The second-order valence-electron chi connectivity index (χ2n) is 3.71. The maximum Gasteiger partial charge on any atom is 0.416 e. The van der Waals surface area contributed by atoms with Gasteiger partial charge in [0, 0.05) is 20.1 Å². The molecule has 0 aliphatic rings. The molecule has 18 heavy (non-hydrogen) atoms. The average Bonchev–Trinajstić information content (AvgIpc) is 2.33. The summed E-state index contributed by atoms with van der Waals surface area (Å²) < 4.78 is 41.6. The van der Waals surface area contributed by atoms with E-state index in [0.29, 0.717) is 12.2 Å². The van der Waals surface area contributed by atoms with E-state index in [1.165, 1.54) is 19.2 Å². The first-order valence-corrected chi connectivity index (χ1v) is 5.35. The zero-order chi connectivity index (χ0) is 13.6. The Balaban J connectivity index is 2.47. The first-order valence-electron chi connectivity index (χ1n) is 5.35. The van der Waals surface area contributed by atoms with Gasteiger partial charge in [-0.2, -0.15) is 13.2 Å². The van der Waals surface area contributed by atoms with E-state index in [2.05, 4.69) is 5.32 Å². The normalized spacial score (nSPS) is 11.3. The van der Waals surface area contributed by atoms with Crippen molar-refractivity contribution in [3.63, 3.8) is 0 Å². The predicted molar refractivity (Wildman–Crippen MR) is 59.8 cm³/mol. The van der Waals surface area contributed by atoms with E-state index in [1.54, 1.807) is 0 Å². The molecule has 100 valence electrons. The molecule has 1 amide bonds. The minimum absolute atomic E-state index is 0.197. The number of carbonyl (C=O) groups is 1. The first-order chi connectivity index (χ1) is 8.43. The van der Waals surface area contributed by atoms with E-state index in [9.17, 15) is 18.0 Å². The fraction of sp³-hybridized carbons (Fsp3) is 0.417. The molecule has 1 rings (SSSR count). The molecule has 0 unspecified atom stereocenters. The van der Waals surface area contributed by atoms with Crippen molar-refractivity contribution in [3.05, 3.63) is 35.4 Å². The number of amides is 1. The van der Waals surface area contributed by atoms with Crippen LogP contribution in [0.1, 0.15) is 17.5 Å². The van der Waals surface area contributed by atoms with Gasteiger partial charge in [0.05, 0.1) is 12.2 Å². The molecule has 0 fully saturated rings. The SMILES string of the molecule is COCCC(=O)NCc1ccc(C(F)(F)F)cc1. The van der Waals surface area contributed by atoms with Crippen molar-refractivity contribution in [2.45, 2.75) is 19.1 Å². The Morgan fingerprint density at radius 2 is 1.89 bits per heavy atom. The third-order valence-corrected chi connectivity index (χ3v) is 2.30. The minimum Gasteiger partial charge on any atom is -0.384 e. The van der Waals surface area contributed by atoms with E-state index in [4.69, 9.17) is 4.74 Å². The van der Waals surface area contributed by atoms with Crippen LogP contribution in [0.2, 0.25) is 0 Å². The molecule has 0 aliphatic carbocycles. The molecule has 1 N–H and O–H groups in total. The maximum atomic E-state index is 12.3. The Morgan fingerprint density at radius 3 is 2.39 bits per heavy atom. The number of hydrogen-bond donors (Lipinski definition) is 1. The van der Waals surface area contributed by atoms with Crippen molar-refractivity contribution >= 4 is 5.91 Å². The van der Waals surface area contributed by atoms with E-state index in [0.717, 1.165) is 12.1 Å². The number of carbonyl (C=O) groups excluding carboxylic acids is 1. The smallest absolute Gasteiger partial charge is 0.384 e. The summed E-state index contributed by atoms with van der Waals surface area (Å²) in [6.07, 6.45) is -4.10. The Hall–Kier alpha value is -1.56. The van der Waals surface area contributed by atoms with Crippen molar-refractivity contribution in [1.29, 1.82) is 0 Å². The Labute approximate surface area is 103 Å². The zero-order valence-electron chi connectivity index (χ0n) is 9.88. The highest BCUT2D eigenvalue weighted by molar-refractivity contribution is 5.75. The number of hydrogen-bond acceptors (Lipinski definition) is 2. The van der Waals surface area contributed by atoms with Crippen LogP contribution in [-0.4, -0.2) is 19.6 Å². The lowest BCUT2D eigenvalue weighted by Crippen LogP contribution is -2.23. The molecule has 0 atom stereocenters. The van der Waals surface area contributed by atoms with Gasteiger partial charge in [-0.15, -0.1) is 0 Å². The van der Waals surface area contributed by atoms with Crippen LogP contribution in [-0.2, 0) is 22.3 Å². The van der Waals surface area contributed by atoms with Gasteiger partial charge >= 0.3 is 6.18 Å². The lowest BCUT2D eigenvalue weighted by Gasteiger charge is -2.08. The van der Waals surface area contributed by atoms with Crippen molar-refractivity contribution in [1.82, 2.24) is 5.32 Å². The summed E-state index contributed by atoms with van der Waals surface area (Å²) in [5, 5.41) is 2.59. The molecule has 1 aromatic carbocycles. The summed E-state index contributed by atoms with van der Waals surface area (Å²) in [4.78, 5) is 11.2. The van der Waals surface area contributed by atoms with Crippen LogP contribution in [0.3, 0.4) is 0 Å². The first kappa shape index (κ1) is 14.5. The van der Waals surface area contributed by atoms with E-state index < -0.39 is 11.7 Å². The summed E-state index contributed by atoms with van der Waals surface area (Å²) in [6.45, 7) is 0.527. The van der Waals surface area contributed by atoms with Gasteiger partial charge in [0.2, 0.25) is 5.91 Å². The third-order valence-electron chi connectivity index (χ3n) is 2.30. The number of ether oxygens (including phenoxy) is 1. The fourth-order valence-corrected chi connectivity index (χ4v) is 1.30. The van der Waals surface area contributed by atoms with Crippen molar-refractivity contribution < 1.29 is 22.7 Å². The quantitative estimate of drug-likeness (QED) is 0.883. The molecule has 3 nitrogen and oxygen atoms in total. The molecule has 0 heterocycles. The minimum atomic E-state index is -4.33. The van der Waals surface area contributed by atoms with Crippen LogP contribution in [0, 0.1) is 0 Å². The molecule has 0 aliphatic heterocycles. The predicted octanol–water partition coefficient (Wildman–Crippen LogP) is 2.36. The number of alkyl halides is 3. The van der Waals surface area contributed by atoms with Gasteiger partial charge in [-0.05, 0) is 17.7 Å². The number of halogens is 3. The second kappa shape index (κ2) is 6.39. The second-order valence-corrected chi connectivity index (χ2v) is 3.71. The van der Waals surface area contributed by atoms with Gasteiger partial charge in [0.1, 0.15) is 0 Å². The molecule has 0 spiro atoms. The third kappa shape index (κ3) is 4.75. The molecule has 0 radical (unpaired) electrons. The highest BCUT2D eigenvalue weighted by atomic mass is 19.4. The molecule has 0 bridgehead atoms. The lowest BCUT2D eigenvalue weighted by atomic mass is 10.1. The molecule has 0 saturated heterocycles. The maximum absolute atomic E-state index is 12.3. The number of nitrogens with one attached hydrogen (secondary N) is 1. The molecular weight excluding hydrogens is 247 g/mol. The molecule has 0 aromatic heterocycles. The van der Waals surface area contributed by atoms with E-state index in [-0.39, 0.29) is 18.9 Å². The van der Waals surface area contributed by atoms with Gasteiger partial charge in [-0.3, -0.25) is 4.79 Å². The monoisotopic (exact) mass is 261 g/mol. The zero-order valence-corrected chi connectivity index (χ0v) is 9.88. The van der Waals surface area contributed by atoms with Crippen LogP contribution >= 0.6 is 0 Å². The topological polar surface area (TPSA) is 38.3 Å². The Morgan fingerprint density at radius 1 is 1.28 bits per heavy atom. The highest BCUT2D eigenvalue weighted by Gasteiger charge is 2.29. The summed E-state index contributed by atoms with van der Waals surface area (Å²) in [7, 11) is 1.49. The summed E-state index contributed by atoms with van der Waals surface area (Å²) in [5.74, 6) is -0.197. The number of rotatable bonds is 5. The van der Waals surface area contributed by atoms with Crippen LogP contribution in [0.4, 0.5) is 13.2 Å². The van der Waals surface area contributed by atoms with Crippen molar-refractivity contribution in [3.8, 4) is 0 Å².